The van der Waals surface area contributed by atoms with E-state index in [9.17, 15) is 0 Å². The third kappa shape index (κ3) is 9.20. The Morgan fingerprint density at radius 3 is 0.400 bits per heavy atom. The molecule has 0 aliphatic carbocycles. The second-order valence-electron chi connectivity index (χ2n) is 7.83. The summed E-state index contributed by atoms with van der Waals surface area (Å²) in [5.74, 6) is -4.77. The van der Waals surface area contributed by atoms with Crippen LogP contribution in [-0.4, -0.2) is 28.9 Å². The van der Waals surface area contributed by atoms with Crippen LogP contribution in [0.1, 0.15) is 69.2 Å². The van der Waals surface area contributed by atoms with Gasteiger partial charge in [0.15, 0.2) is 0 Å². The Bertz CT molecular complexity index is 346. The van der Waals surface area contributed by atoms with Crippen LogP contribution >= 0.6 is 0 Å². The summed E-state index contributed by atoms with van der Waals surface area (Å²) < 4.78 is 0. The molecule has 0 aromatic rings. The summed E-state index contributed by atoms with van der Waals surface area (Å²) in [6, 6.07) is 0. The van der Waals surface area contributed by atoms with E-state index in [1.165, 1.54) is 0 Å². The molecule has 10 nitrogen and oxygen atoms in total. The second-order valence-corrected chi connectivity index (χ2v) is 7.83. The van der Waals surface area contributed by atoms with E-state index in [2.05, 4.69) is 0 Å². The first-order valence-corrected chi connectivity index (χ1v) is 7.87. The number of hydrogen-bond donors (Lipinski definition) is 0. The molecule has 0 unspecified atom stereocenters. The molecule has 2 aliphatic rings. The zero-order valence-electron chi connectivity index (χ0n) is 16.6. The first-order chi connectivity index (χ1) is 11.0. The quantitative estimate of drug-likeness (QED) is 0.590. The lowest BCUT2D eigenvalue weighted by Crippen LogP contribution is -2.44. The van der Waals surface area contributed by atoms with Crippen molar-refractivity contribution < 1.29 is 48.9 Å². The molecular weight excluding hydrogens is 340 g/mol. The molecule has 2 aliphatic heterocycles. The van der Waals surface area contributed by atoms with Gasteiger partial charge in [-0.05, 0) is 69.2 Å². The van der Waals surface area contributed by atoms with Crippen LogP contribution in [0.15, 0.2) is 0 Å². The summed E-state index contributed by atoms with van der Waals surface area (Å²) in [5.41, 5.74) is 0. The SMILES string of the molecule is CC1(C)OOC(C)(C)OO1.CC1(C)OOC(C)(C)OOC(C)(C)OO1. The van der Waals surface area contributed by atoms with Crippen molar-refractivity contribution >= 4 is 0 Å². The predicted molar refractivity (Wildman–Crippen MR) is 81.2 cm³/mol. The van der Waals surface area contributed by atoms with Crippen molar-refractivity contribution in [2.45, 2.75) is 98.2 Å². The molecule has 0 aromatic heterocycles. The van der Waals surface area contributed by atoms with E-state index < -0.39 is 28.9 Å². The summed E-state index contributed by atoms with van der Waals surface area (Å²) in [7, 11) is 0. The third-order valence-corrected chi connectivity index (χ3v) is 2.22. The molecule has 0 saturated carbocycles. The fourth-order valence-electron chi connectivity index (χ4n) is 1.07. The number of hydrogen-bond acceptors (Lipinski definition) is 10. The second kappa shape index (κ2) is 7.69. The van der Waals surface area contributed by atoms with Gasteiger partial charge in [-0.15, -0.1) is 0 Å². The van der Waals surface area contributed by atoms with Crippen LogP contribution in [0.2, 0.25) is 0 Å². The molecule has 0 bridgehead atoms. The van der Waals surface area contributed by atoms with Gasteiger partial charge in [0.25, 0.3) is 0 Å². The summed E-state index contributed by atoms with van der Waals surface area (Å²) >= 11 is 0. The lowest BCUT2D eigenvalue weighted by atomic mass is 10.4. The highest BCUT2D eigenvalue weighted by molar-refractivity contribution is 4.55. The highest BCUT2D eigenvalue weighted by Gasteiger charge is 2.38. The summed E-state index contributed by atoms with van der Waals surface area (Å²) in [5, 5.41) is 0. The molecule has 2 heterocycles. The van der Waals surface area contributed by atoms with Gasteiger partial charge < -0.3 is 0 Å². The first kappa shape index (κ1) is 22.6. The molecule has 0 amide bonds. The fraction of sp³-hybridized carbons (Fsp3) is 1.00. The van der Waals surface area contributed by atoms with E-state index in [1.54, 1.807) is 69.2 Å². The maximum Gasteiger partial charge on any atom is 0.228 e. The molecule has 2 saturated heterocycles. The smallest absolute Gasteiger partial charge is 0.196 e. The van der Waals surface area contributed by atoms with Gasteiger partial charge in [-0.1, -0.05) is 0 Å². The fourth-order valence-corrected chi connectivity index (χ4v) is 1.07. The van der Waals surface area contributed by atoms with Crippen LogP contribution < -0.4 is 0 Å². The molecule has 0 atom stereocenters. The Morgan fingerprint density at radius 1 is 0.240 bits per heavy atom. The largest absolute Gasteiger partial charge is 0.228 e. The molecule has 25 heavy (non-hydrogen) atoms. The molecule has 150 valence electrons. The molecule has 0 radical (unpaired) electrons. The van der Waals surface area contributed by atoms with Gasteiger partial charge in [0.2, 0.25) is 28.9 Å². The van der Waals surface area contributed by atoms with Crippen LogP contribution in [0.5, 0.6) is 0 Å². The average molecular weight is 370 g/mol. The molecule has 0 N–H and O–H groups in total. The van der Waals surface area contributed by atoms with Crippen LogP contribution in [0, 0.1) is 0 Å². The zero-order valence-corrected chi connectivity index (χ0v) is 16.6. The Labute approximate surface area is 148 Å². The van der Waals surface area contributed by atoms with Gasteiger partial charge in [-0.2, -0.15) is 48.9 Å². The lowest BCUT2D eigenvalue weighted by Gasteiger charge is -2.35. The lowest BCUT2D eigenvalue weighted by molar-refractivity contribution is -0.644. The van der Waals surface area contributed by atoms with Crippen molar-refractivity contribution in [3.8, 4) is 0 Å². The average Bonchev–Trinajstić information content (AvgIpc) is 2.49. The number of rotatable bonds is 0. The molecule has 0 spiro atoms. The summed E-state index contributed by atoms with van der Waals surface area (Å²) in [6.07, 6.45) is 0. The predicted octanol–water partition coefficient (Wildman–Crippen LogP) is 3.42. The van der Waals surface area contributed by atoms with Crippen molar-refractivity contribution in [3.05, 3.63) is 0 Å². The van der Waals surface area contributed by atoms with Gasteiger partial charge in [0.05, 0.1) is 0 Å². The van der Waals surface area contributed by atoms with E-state index in [-0.39, 0.29) is 0 Å². The highest BCUT2D eigenvalue weighted by atomic mass is 17.4. The van der Waals surface area contributed by atoms with Crippen molar-refractivity contribution in [2.75, 3.05) is 0 Å². The van der Waals surface area contributed by atoms with E-state index >= 15 is 0 Å². The maximum atomic E-state index is 5.01. The van der Waals surface area contributed by atoms with E-state index in [1.807, 2.05) is 0 Å². The standard InChI is InChI=1S/C9H18O6.C6H12O4/c1-7(2)10-12-8(3,4)14-15-9(5,6)13-11-7;1-5(2)7-9-6(3,4)10-8-5/h1-6H3;1-4H3. The highest BCUT2D eigenvalue weighted by Crippen LogP contribution is 2.27. The Morgan fingerprint density at radius 2 is 0.320 bits per heavy atom. The van der Waals surface area contributed by atoms with Crippen LogP contribution in [0.4, 0.5) is 0 Å². The summed E-state index contributed by atoms with van der Waals surface area (Å²) in [6.45, 7) is 16.6. The minimum Gasteiger partial charge on any atom is -0.196 e. The Balaban J connectivity index is 0.000000271. The molecule has 2 rings (SSSR count). The van der Waals surface area contributed by atoms with Crippen molar-refractivity contribution in [1.82, 2.24) is 0 Å². The molecule has 2 fully saturated rings. The van der Waals surface area contributed by atoms with E-state index in [0.29, 0.717) is 0 Å². The van der Waals surface area contributed by atoms with Gasteiger partial charge in [0, 0.05) is 0 Å². The topological polar surface area (TPSA) is 92.3 Å². The van der Waals surface area contributed by atoms with Crippen molar-refractivity contribution in [3.63, 3.8) is 0 Å². The Kier molecular flexibility index (Phi) is 6.96. The molecule has 0 aromatic carbocycles. The normalized spacial score (nSPS) is 30.0. The van der Waals surface area contributed by atoms with E-state index in [4.69, 9.17) is 48.9 Å². The minimum absolute atomic E-state index is 0.810. The van der Waals surface area contributed by atoms with Gasteiger partial charge in [-0.3, -0.25) is 0 Å². The van der Waals surface area contributed by atoms with Crippen molar-refractivity contribution in [2.24, 2.45) is 0 Å². The maximum absolute atomic E-state index is 5.01. The van der Waals surface area contributed by atoms with Crippen molar-refractivity contribution in [1.29, 1.82) is 0 Å². The minimum atomic E-state index is -1.05. The summed E-state index contributed by atoms with van der Waals surface area (Å²) in [4.78, 5) is 49.4. The molecule has 10 heteroatoms. The molecular formula is C15H30O10. The Hall–Kier alpha value is -0.400. The first-order valence-electron chi connectivity index (χ1n) is 7.87. The van der Waals surface area contributed by atoms with Gasteiger partial charge in [-0.25, -0.2) is 0 Å². The van der Waals surface area contributed by atoms with Gasteiger partial charge in [0.1, 0.15) is 0 Å². The van der Waals surface area contributed by atoms with Crippen LogP contribution in [-0.2, 0) is 48.9 Å². The van der Waals surface area contributed by atoms with Crippen LogP contribution in [0.3, 0.4) is 0 Å². The van der Waals surface area contributed by atoms with Crippen LogP contribution in [0.25, 0.3) is 0 Å². The van der Waals surface area contributed by atoms with Gasteiger partial charge >= 0.3 is 0 Å². The third-order valence-electron chi connectivity index (χ3n) is 2.22. The zero-order chi connectivity index (χ0) is 19.6. The monoisotopic (exact) mass is 370 g/mol. The van der Waals surface area contributed by atoms with E-state index in [0.717, 1.165) is 0 Å².